The molecule has 4 rings (SSSR count). The Balaban J connectivity index is 2.21. The lowest BCUT2D eigenvalue weighted by atomic mass is 9.95. The summed E-state index contributed by atoms with van der Waals surface area (Å²) < 4.78 is 5.52. The summed E-state index contributed by atoms with van der Waals surface area (Å²) in [6.45, 7) is 0. The molecule has 1 heterocycles. The second kappa shape index (κ2) is 4.28. The number of furan rings is 1. The molecule has 3 heteroatoms. The largest absolute Gasteiger partial charge is 0.507 e. The zero-order valence-corrected chi connectivity index (χ0v) is 11.1. The molecular weight excluding hydrogens is 264 g/mol. The van der Waals surface area contributed by atoms with Gasteiger partial charge in [-0.15, -0.1) is 0 Å². The Labute approximate surface area is 120 Å². The van der Waals surface area contributed by atoms with E-state index in [2.05, 4.69) is 0 Å². The predicted molar refractivity (Wildman–Crippen MR) is 82.5 cm³/mol. The molecule has 0 aliphatic rings. The summed E-state index contributed by atoms with van der Waals surface area (Å²) in [4.78, 5) is 0. The normalized spacial score (nSPS) is 11.2. The molecule has 102 valence electrons. The first kappa shape index (κ1) is 11.9. The third kappa shape index (κ3) is 1.68. The van der Waals surface area contributed by atoms with E-state index in [1.807, 2.05) is 36.4 Å². The summed E-state index contributed by atoms with van der Waals surface area (Å²) in [7, 11) is 0. The molecule has 3 nitrogen and oxygen atoms in total. The Bertz CT molecular complexity index is 967. The second-order valence-electron chi connectivity index (χ2n) is 4.98. The van der Waals surface area contributed by atoms with Crippen LogP contribution in [0.5, 0.6) is 11.5 Å². The van der Waals surface area contributed by atoms with Gasteiger partial charge in [0.25, 0.3) is 0 Å². The van der Waals surface area contributed by atoms with E-state index < -0.39 is 0 Å². The van der Waals surface area contributed by atoms with Crippen molar-refractivity contribution in [2.75, 3.05) is 0 Å². The van der Waals surface area contributed by atoms with E-state index in [-0.39, 0.29) is 11.5 Å². The maximum Gasteiger partial charge on any atom is 0.145 e. The lowest BCUT2D eigenvalue weighted by Gasteiger charge is -2.11. The van der Waals surface area contributed by atoms with Gasteiger partial charge in [0, 0.05) is 10.9 Å². The first-order valence-corrected chi connectivity index (χ1v) is 6.66. The molecule has 0 amide bonds. The Morgan fingerprint density at radius 1 is 0.667 bits per heavy atom. The minimum atomic E-state index is 0.0871. The number of hydrogen-bond donors (Lipinski definition) is 2. The highest BCUT2D eigenvalue weighted by Gasteiger charge is 2.18. The summed E-state index contributed by atoms with van der Waals surface area (Å²) in [5.41, 5.74) is 1.68. The number of aromatic hydroxyl groups is 2. The van der Waals surface area contributed by atoms with E-state index in [0.29, 0.717) is 16.7 Å². The zero-order valence-electron chi connectivity index (χ0n) is 11.1. The summed E-state index contributed by atoms with van der Waals surface area (Å²) in [6, 6.07) is 16.5. The molecule has 2 N–H and O–H groups in total. The first-order valence-electron chi connectivity index (χ1n) is 6.66. The highest BCUT2D eigenvalue weighted by molar-refractivity contribution is 6.07. The van der Waals surface area contributed by atoms with Gasteiger partial charge in [-0.2, -0.15) is 0 Å². The van der Waals surface area contributed by atoms with Crippen molar-refractivity contribution in [2.45, 2.75) is 0 Å². The van der Waals surface area contributed by atoms with Crippen molar-refractivity contribution in [3.05, 3.63) is 60.9 Å². The van der Waals surface area contributed by atoms with Crippen LogP contribution in [-0.4, -0.2) is 10.2 Å². The minimum Gasteiger partial charge on any atom is -0.507 e. The molecular formula is C18H12O3. The van der Waals surface area contributed by atoms with Crippen LogP contribution in [0.2, 0.25) is 0 Å². The standard InChI is InChI=1S/C18H12O3/c19-14-7-5-11-3-1-2-4-13(11)16(14)17-15(20)8-6-12-9-10-21-18(12)17/h1-10,19-20H. The molecule has 0 saturated carbocycles. The summed E-state index contributed by atoms with van der Waals surface area (Å²) in [5, 5.41) is 23.4. The number of rotatable bonds is 1. The zero-order chi connectivity index (χ0) is 14.4. The van der Waals surface area contributed by atoms with Crippen molar-refractivity contribution in [3.63, 3.8) is 0 Å². The van der Waals surface area contributed by atoms with Crippen molar-refractivity contribution in [3.8, 4) is 22.6 Å². The lowest BCUT2D eigenvalue weighted by Crippen LogP contribution is -1.85. The number of phenols is 2. The third-order valence-corrected chi connectivity index (χ3v) is 3.76. The molecule has 0 aliphatic heterocycles. The van der Waals surface area contributed by atoms with Crippen molar-refractivity contribution >= 4 is 21.7 Å². The van der Waals surface area contributed by atoms with Gasteiger partial charge in [0.1, 0.15) is 17.1 Å². The van der Waals surface area contributed by atoms with Crippen LogP contribution in [0.4, 0.5) is 0 Å². The van der Waals surface area contributed by atoms with Crippen LogP contribution in [0.15, 0.2) is 65.3 Å². The van der Waals surface area contributed by atoms with Crippen LogP contribution >= 0.6 is 0 Å². The molecule has 0 saturated heterocycles. The number of benzene rings is 3. The van der Waals surface area contributed by atoms with Gasteiger partial charge in [-0.05, 0) is 35.0 Å². The van der Waals surface area contributed by atoms with E-state index in [9.17, 15) is 10.2 Å². The molecule has 0 bridgehead atoms. The monoisotopic (exact) mass is 276 g/mol. The van der Waals surface area contributed by atoms with Crippen LogP contribution in [0.3, 0.4) is 0 Å². The van der Waals surface area contributed by atoms with Gasteiger partial charge in [-0.3, -0.25) is 0 Å². The fourth-order valence-electron chi connectivity index (χ4n) is 2.79. The SMILES string of the molecule is Oc1ccc2ccccc2c1-c1c(O)ccc2ccoc12. The molecule has 0 spiro atoms. The summed E-state index contributed by atoms with van der Waals surface area (Å²) >= 11 is 0. The Morgan fingerprint density at radius 3 is 2.24 bits per heavy atom. The molecule has 0 radical (unpaired) electrons. The predicted octanol–water partition coefficient (Wildman–Crippen LogP) is 4.66. The average Bonchev–Trinajstić information content (AvgIpc) is 2.97. The van der Waals surface area contributed by atoms with Crippen LogP contribution in [0, 0.1) is 0 Å². The van der Waals surface area contributed by atoms with Gasteiger partial charge < -0.3 is 14.6 Å². The molecule has 4 aromatic rings. The highest BCUT2D eigenvalue weighted by atomic mass is 16.3. The molecule has 1 aromatic heterocycles. The fraction of sp³-hybridized carbons (Fsp3) is 0. The molecule has 0 aliphatic carbocycles. The van der Waals surface area contributed by atoms with Gasteiger partial charge in [-0.25, -0.2) is 0 Å². The summed E-state index contributed by atoms with van der Waals surface area (Å²) in [6.07, 6.45) is 1.58. The van der Waals surface area contributed by atoms with Gasteiger partial charge in [0.2, 0.25) is 0 Å². The van der Waals surface area contributed by atoms with E-state index >= 15 is 0 Å². The van der Waals surface area contributed by atoms with Gasteiger partial charge >= 0.3 is 0 Å². The molecule has 0 atom stereocenters. The van der Waals surface area contributed by atoms with Crippen LogP contribution < -0.4 is 0 Å². The van der Waals surface area contributed by atoms with E-state index in [4.69, 9.17) is 4.42 Å². The number of phenolic OH excluding ortho intramolecular Hbond substituents is 2. The van der Waals surface area contributed by atoms with E-state index in [1.165, 1.54) is 0 Å². The van der Waals surface area contributed by atoms with Crippen molar-refractivity contribution in [1.82, 2.24) is 0 Å². The lowest BCUT2D eigenvalue weighted by molar-refractivity contribution is 0.469. The average molecular weight is 276 g/mol. The molecule has 3 aromatic carbocycles. The van der Waals surface area contributed by atoms with E-state index in [0.717, 1.165) is 16.2 Å². The van der Waals surface area contributed by atoms with E-state index in [1.54, 1.807) is 24.5 Å². The maximum atomic E-state index is 10.3. The van der Waals surface area contributed by atoms with Crippen molar-refractivity contribution in [1.29, 1.82) is 0 Å². The van der Waals surface area contributed by atoms with Gasteiger partial charge in [-0.1, -0.05) is 30.3 Å². The second-order valence-corrected chi connectivity index (χ2v) is 4.98. The van der Waals surface area contributed by atoms with Crippen LogP contribution in [0.1, 0.15) is 0 Å². The number of hydrogen-bond acceptors (Lipinski definition) is 3. The molecule has 0 fully saturated rings. The van der Waals surface area contributed by atoms with Crippen LogP contribution in [-0.2, 0) is 0 Å². The topological polar surface area (TPSA) is 53.6 Å². The fourth-order valence-corrected chi connectivity index (χ4v) is 2.79. The van der Waals surface area contributed by atoms with Gasteiger partial charge in [0.15, 0.2) is 0 Å². The quantitative estimate of drug-likeness (QED) is 0.531. The van der Waals surface area contributed by atoms with Gasteiger partial charge in [0.05, 0.1) is 11.8 Å². The number of fused-ring (bicyclic) bond motifs is 2. The minimum absolute atomic E-state index is 0.0871. The Hall–Kier alpha value is -2.94. The maximum absolute atomic E-state index is 10.3. The Morgan fingerprint density at radius 2 is 1.38 bits per heavy atom. The summed E-state index contributed by atoms with van der Waals surface area (Å²) in [5.74, 6) is 0.206. The molecule has 21 heavy (non-hydrogen) atoms. The smallest absolute Gasteiger partial charge is 0.145 e. The third-order valence-electron chi connectivity index (χ3n) is 3.76. The highest BCUT2D eigenvalue weighted by Crippen LogP contribution is 2.44. The van der Waals surface area contributed by atoms with Crippen LogP contribution in [0.25, 0.3) is 32.9 Å². The Kier molecular flexibility index (Phi) is 2.42. The first-order chi connectivity index (χ1) is 10.3. The van der Waals surface area contributed by atoms with Crippen molar-refractivity contribution in [2.24, 2.45) is 0 Å². The molecule has 0 unspecified atom stereocenters. The van der Waals surface area contributed by atoms with Crippen molar-refractivity contribution < 1.29 is 14.6 Å².